The van der Waals surface area contributed by atoms with E-state index < -0.39 is 16.1 Å². The molecule has 1 aliphatic rings. The maximum absolute atomic E-state index is 12.6. The molecule has 1 fully saturated rings. The molecule has 0 aromatic heterocycles. The van der Waals surface area contributed by atoms with Crippen molar-refractivity contribution in [1.82, 2.24) is 9.62 Å². The number of hydrogen-bond donors (Lipinski definition) is 2. The first kappa shape index (κ1) is 20.4. The first-order chi connectivity index (χ1) is 12.2. The number of nitrogens with one attached hydrogen (secondary N) is 2. The van der Waals surface area contributed by atoms with E-state index in [9.17, 15) is 18.0 Å². The molecule has 1 aromatic carbocycles. The summed E-state index contributed by atoms with van der Waals surface area (Å²) in [6, 6.07) is 5.49. The van der Waals surface area contributed by atoms with Crippen molar-refractivity contribution in [1.29, 1.82) is 0 Å². The van der Waals surface area contributed by atoms with Crippen LogP contribution in [0.15, 0.2) is 29.2 Å². The summed E-state index contributed by atoms with van der Waals surface area (Å²) in [6.07, 6.45) is 2.82. The van der Waals surface area contributed by atoms with Crippen LogP contribution in [-0.2, 0) is 19.6 Å². The minimum absolute atomic E-state index is 0.0716. The van der Waals surface area contributed by atoms with Gasteiger partial charge in [0.2, 0.25) is 21.8 Å². The van der Waals surface area contributed by atoms with E-state index >= 15 is 0 Å². The van der Waals surface area contributed by atoms with Gasteiger partial charge in [0.05, 0.1) is 4.90 Å². The highest BCUT2D eigenvalue weighted by Crippen LogP contribution is 2.22. The molecule has 1 aromatic rings. The third-order valence-corrected chi connectivity index (χ3v) is 6.30. The van der Waals surface area contributed by atoms with Crippen LogP contribution >= 0.6 is 0 Å². The normalized spacial score (nSPS) is 16.9. The average Bonchev–Trinajstić information content (AvgIpc) is 2.60. The molecule has 7 nitrogen and oxygen atoms in total. The van der Waals surface area contributed by atoms with Gasteiger partial charge in [0.25, 0.3) is 0 Å². The van der Waals surface area contributed by atoms with Crippen LogP contribution in [0.4, 0.5) is 5.69 Å². The number of nitrogens with zero attached hydrogens (tertiary/aromatic N) is 1. The third kappa shape index (κ3) is 5.04. The molecule has 1 aliphatic heterocycles. The summed E-state index contributed by atoms with van der Waals surface area (Å²) in [6.45, 7) is 6.15. The lowest BCUT2D eigenvalue weighted by atomic mass is 10.0. The van der Waals surface area contributed by atoms with E-state index in [1.165, 1.54) is 23.4 Å². The summed E-state index contributed by atoms with van der Waals surface area (Å²) in [7, 11) is -3.49. The van der Waals surface area contributed by atoms with E-state index in [4.69, 9.17) is 0 Å². The van der Waals surface area contributed by atoms with Crippen LogP contribution < -0.4 is 10.6 Å². The van der Waals surface area contributed by atoms with E-state index in [-0.39, 0.29) is 22.6 Å². The van der Waals surface area contributed by atoms with Crippen LogP contribution in [0.2, 0.25) is 0 Å². The summed E-state index contributed by atoms with van der Waals surface area (Å²) in [5.74, 6) is -0.679. The molecule has 0 saturated carbocycles. The fourth-order valence-corrected chi connectivity index (χ4v) is 4.46. The zero-order valence-corrected chi connectivity index (χ0v) is 16.3. The van der Waals surface area contributed by atoms with Crippen molar-refractivity contribution in [2.75, 3.05) is 18.4 Å². The molecular formula is C18H27N3O4S. The van der Waals surface area contributed by atoms with E-state index in [1.807, 2.05) is 13.8 Å². The monoisotopic (exact) mass is 381 g/mol. The number of carbonyl (C=O) groups excluding carboxylic acids is 2. The van der Waals surface area contributed by atoms with Gasteiger partial charge < -0.3 is 10.6 Å². The second-order valence-corrected chi connectivity index (χ2v) is 8.84. The fraction of sp³-hybridized carbons (Fsp3) is 0.556. The average molecular weight is 381 g/mol. The van der Waals surface area contributed by atoms with Crippen molar-refractivity contribution < 1.29 is 18.0 Å². The summed E-state index contributed by atoms with van der Waals surface area (Å²) >= 11 is 0. The highest BCUT2D eigenvalue weighted by atomic mass is 32.2. The standard InChI is InChI=1S/C18H27N3O4S/c1-13(2)17(19-14(3)22)18(23)20-15-7-9-16(10-8-15)26(24,25)21-11-5-4-6-12-21/h7-10,13,17H,4-6,11-12H2,1-3H3,(H,19,22)(H,20,23)/t17-/m0/s1. The van der Waals surface area contributed by atoms with Crippen LogP contribution in [-0.4, -0.2) is 43.7 Å². The lowest BCUT2D eigenvalue weighted by Crippen LogP contribution is -2.46. The summed E-state index contributed by atoms with van der Waals surface area (Å²) in [5.41, 5.74) is 0.489. The van der Waals surface area contributed by atoms with Crippen molar-refractivity contribution >= 4 is 27.5 Å². The van der Waals surface area contributed by atoms with Crippen molar-refractivity contribution in [3.05, 3.63) is 24.3 Å². The van der Waals surface area contributed by atoms with E-state index in [0.717, 1.165) is 19.3 Å². The fourth-order valence-electron chi connectivity index (χ4n) is 2.94. The van der Waals surface area contributed by atoms with E-state index in [2.05, 4.69) is 10.6 Å². The molecule has 0 aliphatic carbocycles. The molecule has 0 radical (unpaired) electrons. The molecular weight excluding hydrogens is 354 g/mol. The van der Waals surface area contributed by atoms with E-state index in [0.29, 0.717) is 18.8 Å². The highest BCUT2D eigenvalue weighted by Gasteiger charge is 2.26. The van der Waals surface area contributed by atoms with Crippen LogP contribution in [0.1, 0.15) is 40.0 Å². The quantitative estimate of drug-likeness (QED) is 0.787. The Labute approximate surface area is 155 Å². The number of amides is 2. The number of rotatable bonds is 6. The van der Waals surface area contributed by atoms with Gasteiger partial charge in [-0.15, -0.1) is 0 Å². The summed E-state index contributed by atoms with van der Waals surface area (Å²) in [4.78, 5) is 23.8. The molecule has 2 N–H and O–H groups in total. The largest absolute Gasteiger partial charge is 0.344 e. The zero-order chi connectivity index (χ0) is 19.3. The molecule has 2 amide bonds. The van der Waals surface area contributed by atoms with Gasteiger partial charge in [0, 0.05) is 25.7 Å². The molecule has 0 spiro atoms. The van der Waals surface area contributed by atoms with E-state index in [1.54, 1.807) is 12.1 Å². The Balaban J connectivity index is 2.09. The van der Waals surface area contributed by atoms with Gasteiger partial charge in [0.15, 0.2) is 0 Å². The maximum Gasteiger partial charge on any atom is 0.247 e. The molecule has 1 heterocycles. The Morgan fingerprint density at radius 2 is 1.62 bits per heavy atom. The third-order valence-electron chi connectivity index (χ3n) is 4.38. The van der Waals surface area contributed by atoms with Crippen molar-refractivity contribution in [2.24, 2.45) is 5.92 Å². The van der Waals surface area contributed by atoms with Crippen LogP contribution in [0, 0.1) is 5.92 Å². The van der Waals surface area contributed by atoms with Gasteiger partial charge in [-0.2, -0.15) is 4.31 Å². The molecule has 2 rings (SSSR count). The number of carbonyl (C=O) groups is 2. The van der Waals surface area contributed by atoms with Gasteiger partial charge in [-0.25, -0.2) is 8.42 Å². The SMILES string of the molecule is CC(=O)N[C@H](C(=O)Nc1ccc(S(=O)(=O)N2CCCCC2)cc1)C(C)C. The van der Waals surface area contributed by atoms with Gasteiger partial charge in [-0.05, 0) is 43.0 Å². The zero-order valence-electron chi connectivity index (χ0n) is 15.5. The van der Waals surface area contributed by atoms with Gasteiger partial charge in [-0.3, -0.25) is 9.59 Å². The number of piperidine rings is 1. The Morgan fingerprint density at radius 1 is 1.04 bits per heavy atom. The minimum Gasteiger partial charge on any atom is -0.344 e. The lowest BCUT2D eigenvalue weighted by Gasteiger charge is -2.26. The summed E-state index contributed by atoms with van der Waals surface area (Å²) < 4.78 is 26.8. The molecule has 0 unspecified atom stereocenters. The Kier molecular flexibility index (Phi) is 6.77. The predicted molar refractivity (Wildman–Crippen MR) is 100 cm³/mol. The van der Waals surface area contributed by atoms with Gasteiger partial charge in [-0.1, -0.05) is 20.3 Å². The smallest absolute Gasteiger partial charge is 0.247 e. The molecule has 8 heteroatoms. The Bertz CT molecular complexity index is 738. The molecule has 1 atom stereocenters. The van der Waals surface area contributed by atoms with Crippen molar-refractivity contribution in [2.45, 2.75) is 51.0 Å². The molecule has 144 valence electrons. The number of benzene rings is 1. The van der Waals surface area contributed by atoms with Crippen molar-refractivity contribution in [3.63, 3.8) is 0 Å². The highest BCUT2D eigenvalue weighted by molar-refractivity contribution is 7.89. The van der Waals surface area contributed by atoms with Gasteiger partial charge >= 0.3 is 0 Å². The maximum atomic E-state index is 12.6. The van der Waals surface area contributed by atoms with Crippen molar-refractivity contribution in [3.8, 4) is 0 Å². The Morgan fingerprint density at radius 3 is 2.12 bits per heavy atom. The Hall–Kier alpha value is -1.93. The minimum atomic E-state index is -3.49. The second kappa shape index (κ2) is 8.64. The van der Waals surface area contributed by atoms with Crippen LogP contribution in [0.5, 0.6) is 0 Å². The predicted octanol–water partition coefficient (Wildman–Crippen LogP) is 1.96. The van der Waals surface area contributed by atoms with Gasteiger partial charge in [0.1, 0.15) is 6.04 Å². The topological polar surface area (TPSA) is 95.6 Å². The second-order valence-electron chi connectivity index (χ2n) is 6.90. The first-order valence-corrected chi connectivity index (χ1v) is 10.3. The van der Waals surface area contributed by atoms with Crippen LogP contribution in [0.3, 0.4) is 0 Å². The molecule has 0 bridgehead atoms. The first-order valence-electron chi connectivity index (χ1n) is 8.90. The lowest BCUT2D eigenvalue weighted by molar-refractivity contribution is -0.126. The number of anilines is 1. The number of sulfonamides is 1. The summed E-state index contributed by atoms with van der Waals surface area (Å²) in [5, 5.41) is 5.35. The molecule has 26 heavy (non-hydrogen) atoms. The number of hydrogen-bond acceptors (Lipinski definition) is 4. The molecule has 1 saturated heterocycles. The van der Waals surface area contributed by atoms with Crippen LogP contribution in [0.25, 0.3) is 0 Å².